The van der Waals surface area contributed by atoms with E-state index in [1.165, 1.54) is 119 Å². The Labute approximate surface area is 582 Å². The van der Waals surface area contributed by atoms with Crippen LogP contribution >= 0.6 is 0 Å². The van der Waals surface area contributed by atoms with Crippen LogP contribution in [0, 0.1) is 62.3 Å². The molecule has 0 heteroatoms. The summed E-state index contributed by atoms with van der Waals surface area (Å²) in [7, 11) is 0. The maximum absolute atomic E-state index is 2.28. The number of hydrogen-bond donors (Lipinski definition) is 0. The van der Waals surface area contributed by atoms with Crippen molar-refractivity contribution in [1.29, 1.82) is 0 Å². The molecule has 0 fully saturated rings. The van der Waals surface area contributed by atoms with Crippen molar-refractivity contribution < 1.29 is 0 Å². The molecule has 0 radical (unpaired) electrons. The van der Waals surface area contributed by atoms with Gasteiger partial charge in [0.15, 0.2) is 0 Å². The maximum Gasteiger partial charge on any atom is -0.0184 e. The molecule has 0 heterocycles. The van der Waals surface area contributed by atoms with Crippen molar-refractivity contribution in [1.82, 2.24) is 0 Å². The predicted molar refractivity (Wildman–Crippen MR) is 433 cm³/mol. The molecule has 12 rings (SSSR count). The fraction of sp³-hybridized carbons (Fsp3) is 0.263. The molecule has 0 N–H and O–H groups in total. The van der Waals surface area contributed by atoms with Gasteiger partial charge in [0.25, 0.3) is 0 Å². The van der Waals surface area contributed by atoms with Gasteiger partial charge in [-0.25, -0.2) is 0 Å². The molecule has 0 aromatic heterocycles. The van der Waals surface area contributed by atoms with Crippen LogP contribution in [-0.4, -0.2) is 0 Å². The fourth-order valence-electron chi connectivity index (χ4n) is 8.50. The van der Waals surface area contributed by atoms with Crippen molar-refractivity contribution in [3.05, 3.63) is 371 Å². The van der Waals surface area contributed by atoms with Crippen LogP contribution in [0.3, 0.4) is 0 Å². The molecular formula is C95H122. The third kappa shape index (κ3) is 39.3. The van der Waals surface area contributed by atoms with Gasteiger partial charge in [-0.05, 0) is 131 Å². The summed E-state index contributed by atoms with van der Waals surface area (Å²) >= 11 is 0. The van der Waals surface area contributed by atoms with Crippen LogP contribution in [-0.2, 0) is 0 Å². The minimum Gasteiger partial charge on any atom is -0.0683 e. The molecule has 0 saturated heterocycles. The Balaban J connectivity index is 0.00000108. The van der Waals surface area contributed by atoms with Crippen LogP contribution in [0.15, 0.2) is 309 Å². The van der Waals surface area contributed by atoms with E-state index < -0.39 is 0 Å². The number of rotatable bonds is 6. The minimum atomic E-state index is 1.13. The van der Waals surface area contributed by atoms with Gasteiger partial charge in [-0.1, -0.05) is 455 Å². The van der Waals surface area contributed by atoms with Gasteiger partial charge in [-0.2, -0.15) is 0 Å². The second kappa shape index (κ2) is 56.4. The maximum atomic E-state index is 2.28. The minimum absolute atomic E-state index is 1.13. The lowest BCUT2D eigenvalue weighted by Crippen LogP contribution is -1.94. The van der Waals surface area contributed by atoms with Gasteiger partial charge in [0, 0.05) is 0 Å². The highest BCUT2D eigenvalue weighted by molar-refractivity contribution is 5.78. The zero-order valence-corrected chi connectivity index (χ0v) is 62.8. The van der Waals surface area contributed by atoms with Crippen LogP contribution < -0.4 is 0 Å². The Bertz CT molecular complexity index is 3240. The van der Waals surface area contributed by atoms with E-state index in [1.54, 1.807) is 0 Å². The Hall–Kier alpha value is -9.10. The Morgan fingerprint density at radius 3 is 0.442 bits per heavy atom. The first kappa shape index (κ1) is 85.9. The van der Waals surface area contributed by atoms with E-state index >= 15 is 0 Å². The smallest absolute Gasteiger partial charge is 0.0184 e. The Morgan fingerprint density at radius 2 is 0.305 bits per heavy atom. The van der Waals surface area contributed by atoms with Crippen LogP contribution in [0.4, 0.5) is 0 Å². The average Bonchev–Trinajstić information content (AvgIpc) is 2.62. The SMILES string of the molecule is CC.CC.CC.CC.CC.CCCC.Cc1ccc(-c2ccc(C)cc2)cc1.Cc1ccc(-c2ccccc2)cc1.Cc1ccc(-c2ccccc2)cc1.Cc1ccc(C2=CC=C(c3ccc(C)cc3)CC2)cc1.Cc1ccccc1.Cc1ccccc1.Cc1ccccc1. The molecule has 1 aliphatic carbocycles. The molecule has 0 saturated carbocycles. The van der Waals surface area contributed by atoms with Gasteiger partial charge in [-0.3, -0.25) is 0 Å². The summed E-state index contributed by atoms with van der Waals surface area (Å²) in [5, 5.41) is 0. The molecule has 0 atom stereocenters. The summed E-state index contributed by atoms with van der Waals surface area (Å²) in [5.41, 5.74) is 25.1. The van der Waals surface area contributed by atoms with Crippen LogP contribution in [0.2, 0.25) is 0 Å². The first-order valence-corrected chi connectivity index (χ1v) is 35.3. The van der Waals surface area contributed by atoms with Crippen molar-refractivity contribution in [3.8, 4) is 33.4 Å². The predicted octanol–water partition coefficient (Wildman–Crippen LogP) is 29.8. The van der Waals surface area contributed by atoms with Crippen LogP contribution in [0.1, 0.15) is 170 Å². The average molecular weight is 1260 g/mol. The highest BCUT2D eigenvalue weighted by Crippen LogP contribution is 2.32. The lowest BCUT2D eigenvalue weighted by atomic mass is 9.89. The van der Waals surface area contributed by atoms with E-state index in [0.29, 0.717) is 0 Å². The molecule has 11 aromatic rings. The largest absolute Gasteiger partial charge is 0.0683 e. The fourth-order valence-corrected chi connectivity index (χ4v) is 8.50. The van der Waals surface area contributed by atoms with E-state index in [9.17, 15) is 0 Å². The van der Waals surface area contributed by atoms with Gasteiger partial charge >= 0.3 is 0 Å². The number of allylic oxidation sites excluding steroid dienone is 4. The highest BCUT2D eigenvalue weighted by atomic mass is 14.1. The lowest BCUT2D eigenvalue weighted by Gasteiger charge is -2.15. The second-order valence-corrected chi connectivity index (χ2v) is 21.8. The number of unbranched alkanes of at least 4 members (excludes halogenated alkanes) is 1. The molecule has 0 aliphatic heterocycles. The van der Waals surface area contributed by atoms with E-state index in [4.69, 9.17) is 0 Å². The van der Waals surface area contributed by atoms with Gasteiger partial charge in [0.2, 0.25) is 0 Å². The van der Waals surface area contributed by atoms with Crippen LogP contribution in [0.25, 0.3) is 44.5 Å². The number of benzene rings is 11. The quantitative estimate of drug-likeness (QED) is 0.156. The second-order valence-electron chi connectivity index (χ2n) is 21.8. The first-order chi connectivity index (χ1) is 46.3. The van der Waals surface area contributed by atoms with Gasteiger partial charge in [-0.15, -0.1) is 0 Å². The van der Waals surface area contributed by atoms with E-state index in [1.807, 2.05) is 136 Å². The Morgan fingerprint density at radius 1 is 0.168 bits per heavy atom. The molecular weight excluding hydrogens is 1140 g/mol. The normalized spacial score (nSPS) is 9.86. The molecule has 95 heavy (non-hydrogen) atoms. The molecule has 0 unspecified atom stereocenters. The summed E-state index contributed by atoms with van der Waals surface area (Å²) in [6.07, 6.45) is 9.46. The van der Waals surface area contributed by atoms with E-state index in [0.717, 1.165) is 12.8 Å². The molecule has 0 spiro atoms. The standard InChI is InChI=1S/C20H20.C14H14.2C13H12.3C7H8.C4H10.5C2H6/c1-15-3-7-17(8-4-15)19-11-13-20(14-12-19)18-9-5-16(2)6-10-18;1-11-3-7-13(8-4-11)14-9-5-12(2)6-10-14;2*1-11-7-9-13(10-8-11)12-5-3-2-4-6-12;3*1-7-5-3-2-4-6-7;1-3-4-2;5*1-2/h3-11,13H,12,14H2,1-2H3;3-10H,1-2H3;2*2-10H,1H3;3*2-6H,1H3;3-4H2,1-2H3;5*1-2H3. The monoisotopic (exact) mass is 1260 g/mol. The summed E-state index contributed by atoms with van der Waals surface area (Å²) in [6.45, 7) is 43.3. The van der Waals surface area contributed by atoms with Gasteiger partial charge in [0.05, 0.1) is 0 Å². The molecule has 0 amide bonds. The van der Waals surface area contributed by atoms with Crippen molar-refractivity contribution in [2.45, 2.75) is 171 Å². The van der Waals surface area contributed by atoms with Crippen LogP contribution in [0.5, 0.6) is 0 Å². The van der Waals surface area contributed by atoms with E-state index in [-0.39, 0.29) is 0 Å². The molecule has 0 bridgehead atoms. The molecule has 502 valence electrons. The summed E-state index contributed by atoms with van der Waals surface area (Å²) in [4.78, 5) is 0. The number of hydrogen-bond acceptors (Lipinski definition) is 0. The summed E-state index contributed by atoms with van der Waals surface area (Å²) in [5.74, 6) is 0. The molecule has 11 aromatic carbocycles. The zero-order chi connectivity index (χ0) is 70.9. The van der Waals surface area contributed by atoms with Crippen molar-refractivity contribution in [2.24, 2.45) is 0 Å². The third-order valence-electron chi connectivity index (χ3n) is 14.1. The molecule has 1 aliphatic rings. The topological polar surface area (TPSA) is 0 Å². The lowest BCUT2D eigenvalue weighted by molar-refractivity contribution is 0.886. The number of aryl methyl sites for hydroxylation is 9. The van der Waals surface area contributed by atoms with Crippen molar-refractivity contribution in [2.75, 3.05) is 0 Å². The summed E-state index contributed by atoms with van der Waals surface area (Å²) in [6, 6.07) is 104. The van der Waals surface area contributed by atoms with Gasteiger partial charge < -0.3 is 0 Å². The summed E-state index contributed by atoms with van der Waals surface area (Å²) < 4.78 is 0. The molecule has 0 nitrogen and oxygen atoms in total. The third-order valence-corrected chi connectivity index (χ3v) is 14.1. The van der Waals surface area contributed by atoms with Crippen molar-refractivity contribution >= 4 is 11.1 Å². The highest BCUT2D eigenvalue weighted by Gasteiger charge is 2.10. The Kier molecular flexibility index (Phi) is 51.0. The van der Waals surface area contributed by atoms with Crippen molar-refractivity contribution in [3.63, 3.8) is 0 Å². The first-order valence-electron chi connectivity index (χ1n) is 35.3. The zero-order valence-electron chi connectivity index (χ0n) is 62.8. The van der Waals surface area contributed by atoms with E-state index in [2.05, 4.69) is 319 Å². The van der Waals surface area contributed by atoms with Gasteiger partial charge in [0.1, 0.15) is 0 Å².